The fourth-order valence-electron chi connectivity index (χ4n) is 1.04. The molecule has 0 aliphatic carbocycles. The van der Waals surface area contributed by atoms with E-state index in [2.05, 4.69) is 9.97 Å². The first-order valence-corrected chi connectivity index (χ1v) is 3.78. The number of carbonyl (C=O) groups excluding carboxylic acids is 1. The highest BCUT2D eigenvalue weighted by molar-refractivity contribution is 6.67. The zero-order valence-electron chi connectivity index (χ0n) is 6.04. The van der Waals surface area contributed by atoms with Crippen LogP contribution in [0.5, 0.6) is 0 Å². The Bertz CT molecular complexity index is 435. The minimum absolute atomic E-state index is 0.409. The molecule has 2 aromatic heterocycles. The maximum Gasteiger partial charge on any atom is 0.254 e. The number of aromatic amines is 1. The fraction of sp³-hybridized carbons (Fsp3) is 0. The summed E-state index contributed by atoms with van der Waals surface area (Å²) in [5, 5.41) is -0.487. The summed E-state index contributed by atoms with van der Waals surface area (Å²) in [7, 11) is 0. The largest absolute Gasteiger partial charge is 0.360 e. The van der Waals surface area contributed by atoms with Crippen molar-refractivity contribution in [3.8, 4) is 0 Å². The van der Waals surface area contributed by atoms with Crippen molar-refractivity contribution < 1.29 is 4.79 Å². The predicted molar refractivity (Wildman–Crippen MR) is 46.3 cm³/mol. The molecule has 0 radical (unpaired) electrons. The van der Waals surface area contributed by atoms with Crippen LogP contribution in [0.3, 0.4) is 0 Å². The monoisotopic (exact) mass is 180 g/mol. The highest BCUT2D eigenvalue weighted by Gasteiger charge is 2.03. The predicted octanol–water partition coefficient (Wildman–Crippen LogP) is 1.94. The summed E-state index contributed by atoms with van der Waals surface area (Å²) in [6, 6.07) is 3.51. The zero-order valence-corrected chi connectivity index (χ0v) is 6.80. The van der Waals surface area contributed by atoms with E-state index < -0.39 is 5.24 Å². The summed E-state index contributed by atoms with van der Waals surface area (Å²) in [6.07, 6.45) is 3.23. The van der Waals surface area contributed by atoms with Crippen LogP contribution >= 0.6 is 11.6 Å². The molecule has 0 spiro atoms. The van der Waals surface area contributed by atoms with E-state index in [0.29, 0.717) is 5.56 Å². The Morgan fingerprint density at radius 2 is 2.42 bits per heavy atom. The first-order valence-electron chi connectivity index (χ1n) is 3.40. The zero-order chi connectivity index (χ0) is 8.55. The topological polar surface area (TPSA) is 45.8 Å². The molecule has 2 aromatic rings. The number of rotatable bonds is 1. The molecular weight excluding hydrogens is 176 g/mol. The van der Waals surface area contributed by atoms with Gasteiger partial charge in [0.25, 0.3) is 5.24 Å². The summed E-state index contributed by atoms with van der Waals surface area (Å²) in [6.45, 7) is 0. The van der Waals surface area contributed by atoms with Gasteiger partial charge in [-0.25, -0.2) is 0 Å². The van der Waals surface area contributed by atoms with E-state index in [9.17, 15) is 4.79 Å². The van der Waals surface area contributed by atoms with Gasteiger partial charge in [-0.15, -0.1) is 0 Å². The van der Waals surface area contributed by atoms with Crippen molar-refractivity contribution in [2.75, 3.05) is 0 Å². The smallest absolute Gasteiger partial charge is 0.254 e. The Balaban J connectivity index is 2.68. The number of nitrogens with zero attached hydrogens (tertiary/aromatic N) is 1. The van der Waals surface area contributed by atoms with Crippen LogP contribution < -0.4 is 0 Å². The number of H-pyrrole nitrogens is 1. The lowest BCUT2D eigenvalue weighted by molar-refractivity contribution is 0.108. The highest BCUT2D eigenvalue weighted by Crippen LogP contribution is 2.11. The second-order valence-electron chi connectivity index (χ2n) is 2.41. The molecule has 0 aliphatic heterocycles. The van der Waals surface area contributed by atoms with Gasteiger partial charge < -0.3 is 4.98 Å². The van der Waals surface area contributed by atoms with Gasteiger partial charge in [-0.2, -0.15) is 0 Å². The van der Waals surface area contributed by atoms with Crippen molar-refractivity contribution >= 4 is 27.9 Å². The molecule has 0 saturated carbocycles. The van der Waals surface area contributed by atoms with Gasteiger partial charge in [0.2, 0.25) is 0 Å². The number of halogens is 1. The maximum absolute atomic E-state index is 10.7. The maximum atomic E-state index is 10.7. The molecule has 0 fully saturated rings. The van der Waals surface area contributed by atoms with Crippen LogP contribution in [0, 0.1) is 0 Å². The number of pyridine rings is 1. The van der Waals surface area contributed by atoms with Crippen molar-refractivity contribution in [2.45, 2.75) is 0 Å². The summed E-state index contributed by atoms with van der Waals surface area (Å²) >= 11 is 5.28. The summed E-state index contributed by atoms with van der Waals surface area (Å²) in [5.74, 6) is 0. The third kappa shape index (κ3) is 1.08. The number of carbonyl (C=O) groups is 1. The van der Waals surface area contributed by atoms with Crippen LogP contribution in [-0.2, 0) is 0 Å². The van der Waals surface area contributed by atoms with Gasteiger partial charge >= 0.3 is 0 Å². The van der Waals surface area contributed by atoms with E-state index in [1.54, 1.807) is 12.3 Å². The van der Waals surface area contributed by atoms with Gasteiger partial charge in [-0.05, 0) is 23.7 Å². The lowest BCUT2D eigenvalue weighted by atomic mass is 10.3. The molecule has 12 heavy (non-hydrogen) atoms. The van der Waals surface area contributed by atoms with E-state index in [4.69, 9.17) is 11.6 Å². The number of aromatic nitrogens is 2. The number of hydrogen-bond acceptors (Lipinski definition) is 2. The number of hydrogen-bond donors (Lipinski definition) is 1. The van der Waals surface area contributed by atoms with Gasteiger partial charge in [0.1, 0.15) is 0 Å². The van der Waals surface area contributed by atoms with Crippen LogP contribution in [0.15, 0.2) is 24.5 Å². The molecule has 3 nitrogen and oxygen atoms in total. The number of nitrogens with one attached hydrogen (secondary N) is 1. The molecule has 0 bridgehead atoms. The van der Waals surface area contributed by atoms with Crippen molar-refractivity contribution in [3.63, 3.8) is 0 Å². The standard InChI is InChI=1S/C8H5ClN2O/c9-8(12)5-3-7-6(11-4-5)1-2-10-7/h1-4,10H. The summed E-state index contributed by atoms with van der Waals surface area (Å²) < 4.78 is 0. The van der Waals surface area contributed by atoms with Crippen LogP contribution in [-0.4, -0.2) is 15.2 Å². The normalized spacial score (nSPS) is 10.4. The quantitative estimate of drug-likeness (QED) is 0.682. The molecular formula is C8H5ClN2O. The first-order chi connectivity index (χ1) is 5.77. The highest BCUT2D eigenvalue weighted by atomic mass is 35.5. The van der Waals surface area contributed by atoms with Gasteiger partial charge in [0.15, 0.2) is 0 Å². The van der Waals surface area contributed by atoms with E-state index in [-0.39, 0.29) is 0 Å². The molecule has 0 saturated heterocycles. The van der Waals surface area contributed by atoms with Gasteiger partial charge in [0, 0.05) is 12.4 Å². The second-order valence-corrected chi connectivity index (χ2v) is 2.75. The lowest BCUT2D eigenvalue weighted by Crippen LogP contribution is -1.89. The number of fused-ring (bicyclic) bond motifs is 1. The van der Waals surface area contributed by atoms with Crippen LogP contribution in [0.2, 0.25) is 0 Å². The minimum Gasteiger partial charge on any atom is -0.360 e. The first kappa shape index (κ1) is 7.31. The molecule has 2 heterocycles. The molecule has 0 amide bonds. The minimum atomic E-state index is -0.487. The summed E-state index contributed by atoms with van der Waals surface area (Å²) in [4.78, 5) is 17.7. The van der Waals surface area contributed by atoms with Crippen LogP contribution in [0.4, 0.5) is 0 Å². The lowest BCUT2D eigenvalue weighted by Gasteiger charge is -1.92. The van der Waals surface area contributed by atoms with Crippen LogP contribution in [0.1, 0.15) is 10.4 Å². The van der Waals surface area contributed by atoms with E-state index in [1.807, 2.05) is 6.07 Å². The van der Waals surface area contributed by atoms with Crippen molar-refractivity contribution in [3.05, 3.63) is 30.1 Å². The Kier molecular flexibility index (Phi) is 1.59. The van der Waals surface area contributed by atoms with Crippen molar-refractivity contribution in [1.29, 1.82) is 0 Å². The van der Waals surface area contributed by atoms with Crippen LogP contribution in [0.25, 0.3) is 11.0 Å². The van der Waals surface area contributed by atoms with Gasteiger partial charge in [0.05, 0.1) is 16.6 Å². The fourth-order valence-corrected chi connectivity index (χ4v) is 1.14. The Morgan fingerprint density at radius 3 is 3.17 bits per heavy atom. The van der Waals surface area contributed by atoms with E-state index >= 15 is 0 Å². The SMILES string of the molecule is O=C(Cl)c1cnc2cc[nH]c2c1. The molecule has 0 aliphatic rings. The third-order valence-corrected chi connectivity index (χ3v) is 1.84. The average Bonchev–Trinajstić information content (AvgIpc) is 2.49. The Labute approximate surface area is 73.4 Å². The molecule has 0 atom stereocenters. The average molecular weight is 181 g/mol. The van der Waals surface area contributed by atoms with Crippen molar-refractivity contribution in [1.82, 2.24) is 9.97 Å². The molecule has 4 heteroatoms. The Hall–Kier alpha value is -1.35. The van der Waals surface area contributed by atoms with Crippen molar-refractivity contribution in [2.24, 2.45) is 0 Å². The molecule has 1 N–H and O–H groups in total. The molecule has 0 aromatic carbocycles. The molecule has 2 rings (SSSR count). The second kappa shape index (κ2) is 2.60. The van der Waals surface area contributed by atoms with E-state index in [1.165, 1.54) is 6.20 Å². The summed E-state index contributed by atoms with van der Waals surface area (Å²) in [5.41, 5.74) is 2.06. The molecule has 0 unspecified atom stereocenters. The molecule has 60 valence electrons. The van der Waals surface area contributed by atoms with Gasteiger partial charge in [-0.3, -0.25) is 9.78 Å². The van der Waals surface area contributed by atoms with Gasteiger partial charge in [-0.1, -0.05) is 0 Å². The third-order valence-electron chi connectivity index (χ3n) is 1.63. The van der Waals surface area contributed by atoms with E-state index in [0.717, 1.165) is 11.0 Å². The Morgan fingerprint density at radius 1 is 1.58 bits per heavy atom.